The number of hydrazine groups is 1. The molecule has 11 nitrogen and oxygen atoms in total. The number of amides is 3. The molecule has 1 unspecified atom stereocenters. The molecule has 3 amide bonds. The smallest absolute Gasteiger partial charge is 0.326 e. The summed E-state index contributed by atoms with van der Waals surface area (Å²) in [5.74, 6) is -1.72. The third kappa shape index (κ3) is 9.37. The van der Waals surface area contributed by atoms with Gasteiger partial charge in [-0.2, -0.15) is 5.10 Å². The zero-order valence-electron chi connectivity index (χ0n) is 22.1. The first kappa shape index (κ1) is 29.0. The second-order valence-corrected chi connectivity index (χ2v) is 9.17. The Kier molecular flexibility index (Phi) is 10.7. The van der Waals surface area contributed by atoms with E-state index in [0.717, 1.165) is 41.8 Å². The summed E-state index contributed by atoms with van der Waals surface area (Å²) in [6.07, 6.45) is 2.20. The molecule has 0 saturated carbocycles. The van der Waals surface area contributed by atoms with Crippen LogP contribution in [0.1, 0.15) is 56.7 Å². The average Bonchev–Trinajstić information content (AvgIpc) is 3.29. The maximum atomic E-state index is 12.4. The highest BCUT2D eigenvalue weighted by atomic mass is 16.4. The third-order valence-corrected chi connectivity index (χ3v) is 5.94. The van der Waals surface area contributed by atoms with E-state index in [-0.39, 0.29) is 19.3 Å². The van der Waals surface area contributed by atoms with E-state index in [4.69, 9.17) is 5.11 Å². The molecule has 0 bridgehead atoms. The summed E-state index contributed by atoms with van der Waals surface area (Å²) in [6.45, 7) is 3.80. The lowest BCUT2D eigenvalue weighted by atomic mass is 10.0. The Morgan fingerprint density at radius 3 is 2.26 bits per heavy atom. The number of benzene rings is 2. The SMILES string of the molecule is CCCCc1nc(CC(=O)NNC(=O)CCC(NC(C)=O)C(=O)O)nn1Cc1ccc(-c2ccccc2)cc1. The zero-order valence-corrected chi connectivity index (χ0v) is 22.1. The molecule has 39 heavy (non-hydrogen) atoms. The Morgan fingerprint density at radius 2 is 1.62 bits per heavy atom. The molecule has 1 atom stereocenters. The molecular formula is C28H34N6O5. The van der Waals surface area contributed by atoms with E-state index in [1.54, 1.807) is 0 Å². The Bertz CT molecular complexity index is 1270. The fourth-order valence-corrected chi connectivity index (χ4v) is 3.92. The van der Waals surface area contributed by atoms with Gasteiger partial charge in [0.2, 0.25) is 17.7 Å². The van der Waals surface area contributed by atoms with Crippen LogP contribution in [0.15, 0.2) is 54.6 Å². The summed E-state index contributed by atoms with van der Waals surface area (Å²) in [6, 6.07) is 17.2. The monoisotopic (exact) mass is 534 g/mol. The van der Waals surface area contributed by atoms with Gasteiger partial charge in [-0.3, -0.25) is 25.2 Å². The van der Waals surface area contributed by atoms with E-state index in [2.05, 4.69) is 69.6 Å². The summed E-state index contributed by atoms with van der Waals surface area (Å²) >= 11 is 0. The van der Waals surface area contributed by atoms with Crippen LogP contribution in [0.5, 0.6) is 0 Å². The predicted octanol–water partition coefficient (Wildman–Crippen LogP) is 2.40. The van der Waals surface area contributed by atoms with Crippen molar-refractivity contribution in [1.29, 1.82) is 0 Å². The number of unbranched alkanes of at least 4 members (excludes halogenated alkanes) is 1. The number of rotatable bonds is 13. The summed E-state index contributed by atoms with van der Waals surface area (Å²) in [7, 11) is 0. The highest BCUT2D eigenvalue weighted by Gasteiger charge is 2.20. The predicted molar refractivity (Wildman–Crippen MR) is 144 cm³/mol. The van der Waals surface area contributed by atoms with E-state index < -0.39 is 29.7 Å². The number of carboxylic acids is 1. The van der Waals surface area contributed by atoms with Gasteiger partial charge in [-0.15, -0.1) is 0 Å². The average molecular weight is 535 g/mol. The first-order valence-corrected chi connectivity index (χ1v) is 12.9. The summed E-state index contributed by atoms with van der Waals surface area (Å²) in [4.78, 5) is 51.3. The van der Waals surface area contributed by atoms with Gasteiger partial charge in [-0.1, -0.05) is 67.9 Å². The van der Waals surface area contributed by atoms with Gasteiger partial charge in [-0.05, 0) is 29.5 Å². The van der Waals surface area contributed by atoms with Gasteiger partial charge in [0.15, 0.2) is 5.82 Å². The number of carbonyl (C=O) groups is 4. The molecule has 0 spiro atoms. The molecule has 206 valence electrons. The fourth-order valence-electron chi connectivity index (χ4n) is 3.92. The number of aryl methyl sites for hydroxylation is 1. The minimum atomic E-state index is -1.24. The summed E-state index contributed by atoms with van der Waals surface area (Å²) in [5.41, 5.74) is 7.88. The molecule has 0 aliphatic rings. The van der Waals surface area contributed by atoms with Gasteiger partial charge in [0.25, 0.3) is 0 Å². The van der Waals surface area contributed by atoms with E-state index >= 15 is 0 Å². The van der Waals surface area contributed by atoms with Crippen LogP contribution in [0.2, 0.25) is 0 Å². The number of hydrogen-bond acceptors (Lipinski definition) is 6. The van der Waals surface area contributed by atoms with E-state index in [1.807, 2.05) is 22.9 Å². The Morgan fingerprint density at radius 1 is 0.949 bits per heavy atom. The van der Waals surface area contributed by atoms with E-state index in [1.165, 1.54) is 6.92 Å². The Hall–Kier alpha value is -4.54. The van der Waals surface area contributed by atoms with Gasteiger partial charge >= 0.3 is 5.97 Å². The van der Waals surface area contributed by atoms with Crippen LogP contribution in [0.3, 0.4) is 0 Å². The Balaban J connectivity index is 1.57. The van der Waals surface area contributed by atoms with Crippen LogP contribution in [-0.2, 0) is 38.6 Å². The maximum absolute atomic E-state index is 12.4. The van der Waals surface area contributed by atoms with Crippen molar-refractivity contribution in [2.75, 3.05) is 0 Å². The van der Waals surface area contributed by atoms with Crippen LogP contribution in [0.4, 0.5) is 0 Å². The lowest BCUT2D eigenvalue weighted by Gasteiger charge is -2.13. The number of carbonyl (C=O) groups excluding carboxylic acids is 3. The molecule has 1 aromatic heterocycles. The molecule has 2 aromatic carbocycles. The second-order valence-electron chi connectivity index (χ2n) is 9.17. The summed E-state index contributed by atoms with van der Waals surface area (Å²) in [5, 5.41) is 15.9. The molecule has 0 aliphatic heterocycles. The molecule has 1 heterocycles. The van der Waals surface area contributed by atoms with Crippen molar-refractivity contribution in [3.8, 4) is 11.1 Å². The van der Waals surface area contributed by atoms with E-state index in [9.17, 15) is 19.2 Å². The standard InChI is InChI=1S/C28H34N6O5/c1-3-4-10-25-30-24(17-27(37)32-31-26(36)16-15-23(28(38)39)29-19(2)35)33-34(25)18-20-11-13-22(14-12-20)21-8-6-5-7-9-21/h5-9,11-14,23H,3-4,10,15-18H2,1-2H3,(H,29,35)(H,31,36)(H,32,37)(H,38,39). The molecular weight excluding hydrogens is 500 g/mol. The van der Waals surface area contributed by atoms with Crippen LogP contribution in [0.25, 0.3) is 11.1 Å². The van der Waals surface area contributed by atoms with Gasteiger partial charge in [0.1, 0.15) is 11.9 Å². The number of aromatic nitrogens is 3. The quantitative estimate of drug-likeness (QED) is 0.245. The van der Waals surface area contributed by atoms with Crippen molar-refractivity contribution in [1.82, 2.24) is 30.9 Å². The number of aliphatic carboxylic acids is 1. The minimum Gasteiger partial charge on any atom is -0.480 e. The third-order valence-electron chi connectivity index (χ3n) is 5.94. The molecule has 0 aliphatic carbocycles. The number of carboxylic acid groups (broad SMARTS) is 1. The van der Waals surface area contributed by atoms with Crippen LogP contribution < -0.4 is 16.2 Å². The second kappa shape index (κ2) is 14.4. The molecule has 3 aromatic rings. The number of nitrogens with zero attached hydrogens (tertiary/aromatic N) is 3. The minimum absolute atomic E-state index is 0.115. The Labute approximate surface area is 227 Å². The van der Waals surface area contributed by atoms with Crippen molar-refractivity contribution in [3.05, 3.63) is 71.8 Å². The zero-order chi connectivity index (χ0) is 28.2. The van der Waals surface area contributed by atoms with Crippen molar-refractivity contribution in [2.45, 2.75) is 65.0 Å². The largest absolute Gasteiger partial charge is 0.480 e. The highest BCUT2D eigenvalue weighted by molar-refractivity contribution is 5.84. The number of nitrogens with one attached hydrogen (secondary N) is 3. The topological polar surface area (TPSA) is 155 Å². The first-order chi connectivity index (χ1) is 18.7. The van der Waals surface area contributed by atoms with Crippen molar-refractivity contribution >= 4 is 23.7 Å². The lowest BCUT2D eigenvalue weighted by molar-refractivity contribution is -0.142. The molecule has 3 rings (SSSR count). The number of hydrogen-bond donors (Lipinski definition) is 4. The molecule has 11 heteroatoms. The molecule has 0 saturated heterocycles. The van der Waals surface area contributed by atoms with Crippen LogP contribution >= 0.6 is 0 Å². The van der Waals surface area contributed by atoms with Gasteiger partial charge < -0.3 is 10.4 Å². The maximum Gasteiger partial charge on any atom is 0.326 e. The fraction of sp³-hybridized carbons (Fsp3) is 0.357. The normalized spacial score (nSPS) is 11.4. The molecule has 0 fully saturated rings. The first-order valence-electron chi connectivity index (χ1n) is 12.9. The van der Waals surface area contributed by atoms with E-state index in [0.29, 0.717) is 12.4 Å². The van der Waals surface area contributed by atoms with Crippen molar-refractivity contribution in [3.63, 3.8) is 0 Å². The van der Waals surface area contributed by atoms with Crippen molar-refractivity contribution in [2.24, 2.45) is 0 Å². The van der Waals surface area contributed by atoms with Gasteiger partial charge in [-0.25, -0.2) is 14.5 Å². The van der Waals surface area contributed by atoms with Crippen molar-refractivity contribution < 1.29 is 24.3 Å². The van der Waals surface area contributed by atoms with Crippen LogP contribution in [0, 0.1) is 0 Å². The summed E-state index contributed by atoms with van der Waals surface area (Å²) < 4.78 is 1.81. The molecule has 4 N–H and O–H groups in total. The lowest BCUT2D eigenvalue weighted by Crippen LogP contribution is -2.44. The van der Waals surface area contributed by atoms with Gasteiger partial charge in [0.05, 0.1) is 13.0 Å². The van der Waals surface area contributed by atoms with Crippen LogP contribution in [-0.4, -0.2) is 49.6 Å². The molecule has 0 radical (unpaired) electrons. The van der Waals surface area contributed by atoms with Gasteiger partial charge in [0, 0.05) is 19.8 Å². The highest BCUT2D eigenvalue weighted by Crippen LogP contribution is 2.20.